The first-order valence-electron chi connectivity index (χ1n) is 16.1. The number of phenolic OH excluding ortho intramolecular Hbond substituents is 2. The van der Waals surface area contributed by atoms with Crippen LogP contribution in [0.1, 0.15) is 30.4 Å². The van der Waals surface area contributed by atoms with Crippen molar-refractivity contribution in [3.63, 3.8) is 0 Å². The van der Waals surface area contributed by atoms with Crippen molar-refractivity contribution in [2.24, 2.45) is 0 Å². The van der Waals surface area contributed by atoms with E-state index in [4.69, 9.17) is 9.47 Å². The van der Waals surface area contributed by atoms with Crippen molar-refractivity contribution in [3.8, 4) is 11.5 Å². The number of aromatic amines is 2. The third-order valence-electron chi connectivity index (χ3n) is 7.96. The van der Waals surface area contributed by atoms with E-state index in [1.807, 2.05) is 19.0 Å². The van der Waals surface area contributed by atoms with Crippen LogP contribution in [0.2, 0.25) is 0 Å². The summed E-state index contributed by atoms with van der Waals surface area (Å²) in [6, 6.07) is 7.77. The van der Waals surface area contributed by atoms with E-state index in [-0.39, 0.29) is 74.7 Å². The molecule has 0 saturated carbocycles. The molecule has 3 amide bonds. The standard InChI is InChI=1S/C34H45FN6O7S/c1-41(2)11-4-3-5-30(33(45)36-10-12-47-13-14-48-21-49-35)40-34(46)31(15-22-19-37-28-8-6-24(42)17-26(22)28)39-32(44)16-23-20-38-29-9-7-25(43)18-27(23)29/h6-9,17-20,30-31,37-38,42-43H,3-5,10-16,21H2,1-2H3,(H,36,45)(H,39,44)(H,40,46). The van der Waals surface area contributed by atoms with Gasteiger partial charge in [0.1, 0.15) is 29.5 Å². The lowest BCUT2D eigenvalue weighted by molar-refractivity contribution is -0.132. The number of aromatic nitrogens is 2. The fourth-order valence-corrected chi connectivity index (χ4v) is 5.67. The zero-order valence-electron chi connectivity index (χ0n) is 27.7. The number of nitrogens with one attached hydrogen (secondary N) is 5. The number of carbonyl (C=O) groups excluding carboxylic acids is 3. The topological polar surface area (TPSA) is 181 Å². The smallest absolute Gasteiger partial charge is 0.243 e. The summed E-state index contributed by atoms with van der Waals surface area (Å²) >= 11 is 0.0829. The molecule has 0 aliphatic heterocycles. The van der Waals surface area contributed by atoms with E-state index in [9.17, 15) is 28.5 Å². The van der Waals surface area contributed by atoms with Crippen molar-refractivity contribution in [1.82, 2.24) is 30.8 Å². The summed E-state index contributed by atoms with van der Waals surface area (Å²) in [5.74, 6) is -1.29. The van der Waals surface area contributed by atoms with E-state index in [1.54, 1.807) is 48.8 Å². The molecule has 0 spiro atoms. The Kier molecular flexibility index (Phi) is 14.6. The predicted molar refractivity (Wildman–Crippen MR) is 187 cm³/mol. The molecule has 0 aliphatic rings. The van der Waals surface area contributed by atoms with Crippen molar-refractivity contribution in [1.29, 1.82) is 0 Å². The second-order valence-electron chi connectivity index (χ2n) is 12.0. The summed E-state index contributed by atoms with van der Waals surface area (Å²) in [5, 5.41) is 30.0. The maximum Gasteiger partial charge on any atom is 0.243 e. The lowest BCUT2D eigenvalue weighted by Gasteiger charge is -2.23. The molecule has 7 N–H and O–H groups in total. The molecule has 2 heterocycles. The third-order valence-corrected chi connectivity index (χ3v) is 8.21. The van der Waals surface area contributed by atoms with Gasteiger partial charge in [0.2, 0.25) is 17.7 Å². The number of aromatic hydroxyl groups is 2. The summed E-state index contributed by atoms with van der Waals surface area (Å²) in [5.41, 5.74) is 2.85. The van der Waals surface area contributed by atoms with E-state index in [0.29, 0.717) is 34.7 Å². The minimum Gasteiger partial charge on any atom is -0.508 e. The van der Waals surface area contributed by atoms with Gasteiger partial charge in [-0.1, -0.05) is 0 Å². The van der Waals surface area contributed by atoms with Gasteiger partial charge in [-0.2, -0.15) is 3.89 Å². The summed E-state index contributed by atoms with van der Waals surface area (Å²) in [6.45, 7) is 1.68. The van der Waals surface area contributed by atoms with Gasteiger partial charge in [0, 0.05) is 47.2 Å². The van der Waals surface area contributed by atoms with Crippen molar-refractivity contribution < 1.29 is 38.0 Å². The number of benzene rings is 2. The van der Waals surface area contributed by atoms with Crippen LogP contribution in [-0.4, -0.2) is 108 Å². The van der Waals surface area contributed by atoms with Crippen LogP contribution in [0.3, 0.4) is 0 Å². The van der Waals surface area contributed by atoms with E-state index in [1.165, 1.54) is 0 Å². The molecule has 0 aliphatic carbocycles. The molecule has 266 valence electrons. The molecule has 0 fully saturated rings. The highest BCUT2D eigenvalue weighted by Crippen LogP contribution is 2.25. The SMILES string of the molecule is CN(C)CCCCC(NC(=O)C(Cc1c[nH]c2ccc(O)cc12)NC(=O)Cc1c[nH]c2ccc(O)cc12)C(=O)NCCOCCOCSF. The first-order chi connectivity index (χ1) is 23.6. The summed E-state index contributed by atoms with van der Waals surface area (Å²) < 4.78 is 22.5. The number of hydrogen-bond donors (Lipinski definition) is 7. The second-order valence-corrected chi connectivity index (χ2v) is 12.4. The first-order valence-corrected chi connectivity index (χ1v) is 17.0. The molecule has 49 heavy (non-hydrogen) atoms. The summed E-state index contributed by atoms with van der Waals surface area (Å²) in [7, 11) is 3.92. The van der Waals surface area contributed by atoms with Crippen LogP contribution in [0.15, 0.2) is 48.8 Å². The number of rotatable bonds is 21. The average molecular weight is 701 g/mol. The molecule has 2 atom stereocenters. The maximum atomic E-state index is 13.9. The normalized spacial score (nSPS) is 12.7. The number of halogens is 1. The number of amides is 3. The molecule has 0 saturated heterocycles. The number of fused-ring (bicyclic) bond motifs is 2. The van der Waals surface area contributed by atoms with Crippen LogP contribution in [-0.2, 0) is 36.7 Å². The molecule has 2 aromatic heterocycles. The number of ether oxygens (including phenoxy) is 2. The van der Waals surface area contributed by atoms with Gasteiger partial charge in [0.25, 0.3) is 0 Å². The van der Waals surface area contributed by atoms with Crippen molar-refractivity contribution in [2.45, 2.75) is 44.2 Å². The number of unbranched alkanes of at least 4 members (excludes halogenated alkanes) is 1. The highest BCUT2D eigenvalue weighted by atomic mass is 32.2. The Morgan fingerprint density at radius 2 is 1.51 bits per heavy atom. The van der Waals surface area contributed by atoms with Gasteiger partial charge in [-0.15, -0.1) is 0 Å². The van der Waals surface area contributed by atoms with E-state index < -0.39 is 23.9 Å². The molecule has 0 radical (unpaired) electrons. The molecular formula is C34H45FN6O7S. The number of H-pyrrole nitrogens is 2. The minimum absolute atomic E-state index is 0.0608. The Hall–Kier alpha value is -4.31. The van der Waals surface area contributed by atoms with Crippen LogP contribution < -0.4 is 16.0 Å². The Labute approximate surface area is 288 Å². The summed E-state index contributed by atoms with van der Waals surface area (Å²) in [4.78, 5) is 49.0. The highest BCUT2D eigenvalue weighted by Gasteiger charge is 2.28. The van der Waals surface area contributed by atoms with E-state index >= 15 is 0 Å². The minimum atomic E-state index is -1.06. The molecule has 13 nitrogen and oxygen atoms in total. The van der Waals surface area contributed by atoms with Crippen LogP contribution in [0.4, 0.5) is 3.89 Å². The Morgan fingerprint density at radius 1 is 0.857 bits per heavy atom. The Morgan fingerprint density at radius 3 is 2.18 bits per heavy atom. The fourth-order valence-electron chi connectivity index (χ4n) is 5.49. The largest absolute Gasteiger partial charge is 0.508 e. The van der Waals surface area contributed by atoms with Crippen LogP contribution in [0.25, 0.3) is 21.8 Å². The van der Waals surface area contributed by atoms with Gasteiger partial charge >= 0.3 is 0 Å². The number of phenols is 2. The molecule has 4 aromatic rings. The van der Waals surface area contributed by atoms with Crippen LogP contribution in [0.5, 0.6) is 11.5 Å². The number of nitrogens with zero attached hydrogens (tertiary/aromatic N) is 1. The fraction of sp³-hybridized carbons (Fsp3) is 0.441. The van der Waals surface area contributed by atoms with Crippen molar-refractivity contribution in [3.05, 3.63) is 59.9 Å². The summed E-state index contributed by atoms with van der Waals surface area (Å²) in [6.07, 6.45) is 5.30. The Bertz CT molecular complexity index is 1680. The van der Waals surface area contributed by atoms with Crippen molar-refractivity contribution >= 4 is 51.7 Å². The zero-order chi connectivity index (χ0) is 35.2. The van der Waals surface area contributed by atoms with Gasteiger partial charge in [-0.05, 0) is 87.4 Å². The van der Waals surface area contributed by atoms with Gasteiger partial charge < -0.3 is 50.5 Å². The maximum absolute atomic E-state index is 13.9. The quantitative estimate of drug-likeness (QED) is 0.0507. The van der Waals surface area contributed by atoms with Crippen molar-refractivity contribution in [2.75, 3.05) is 52.9 Å². The molecule has 0 bridgehead atoms. The molecule has 2 unspecified atom stereocenters. The lowest BCUT2D eigenvalue weighted by atomic mass is 10.0. The number of carbonyl (C=O) groups is 3. The number of hydrogen-bond acceptors (Lipinski definition) is 9. The molecule has 15 heteroatoms. The van der Waals surface area contributed by atoms with Gasteiger partial charge in [0.05, 0.1) is 38.4 Å². The molecular weight excluding hydrogens is 655 g/mol. The second kappa shape index (κ2) is 19.0. The van der Waals surface area contributed by atoms with Gasteiger partial charge in [0.15, 0.2) is 0 Å². The monoisotopic (exact) mass is 700 g/mol. The van der Waals surface area contributed by atoms with Gasteiger partial charge in [-0.3, -0.25) is 14.4 Å². The van der Waals surface area contributed by atoms with E-state index in [2.05, 4.69) is 25.9 Å². The average Bonchev–Trinajstić information content (AvgIpc) is 3.65. The van der Waals surface area contributed by atoms with Gasteiger partial charge in [-0.25, -0.2) is 0 Å². The molecule has 2 aromatic carbocycles. The van der Waals surface area contributed by atoms with Crippen LogP contribution >= 0.6 is 12.1 Å². The Balaban J connectivity index is 1.48. The third kappa shape index (κ3) is 11.7. The lowest BCUT2D eigenvalue weighted by Crippen LogP contribution is -2.54. The van der Waals surface area contributed by atoms with Crippen LogP contribution in [0, 0.1) is 0 Å². The zero-order valence-corrected chi connectivity index (χ0v) is 28.5. The van der Waals surface area contributed by atoms with E-state index in [0.717, 1.165) is 24.0 Å². The molecule has 4 rings (SSSR count). The first kappa shape index (κ1) is 37.5. The predicted octanol–water partition coefficient (Wildman–Crippen LogP) is 3.27. The highest BCUT2D eigenvalue weighted by molar-refractivity contribution is 7.94.